The highest BCUT2D eigenvalue weighted by Gasteiger charge is 2.33. The van der Waals surface area contributed by atoms with Gasteiger partial charge in [-0.1, -0.05) is 23.2 Å². The van der Waals surface area contributed by atoms with Crippen LogP contribution in [0.25, 0.3) is 0 Å². The molecule has 20 heavy (non-hydrogen) atoms. The van der Waals surface area contributed by atoms with Crippen molar-refractivity contribution in [3.8, 4) is 0 Å². The van der Waals surface area contributed by atoms with Crippen LogP contribution in [0.4, 0.5) is 0 Å². The monoisotopic (exact) mass is 326 g/mol. The Labute approximate surface area is 131 Å². The van der Waals surface area contributed by atoms with Crippen LogP contribution in [0.15, 0.2) is 29.0 Å². The van der Waals surface area contributed by atoms with Crippen LogP contribution >= 0.6 is 34.5 Å². The molecule has 2 aromatic heterocycles. The first-order chi connectivity index (χ1) is 9.63. The molecule has 3 nitrogen and oxygen atoms in total. The first-order valence-electron chi connectivity index (χ1n) is 6.28. The van der Waals surface area contributed by atoms with E-state index in [2.05, 4.69) is 10.4 Å². The molecule has 0 saturated heterocycles. The standard InChI is InChI=1S/C14H12Cl2N2OS/c15-12-5-10(6-13(16)17-12)14(19)18(11-1-2-11)7-9-3-4-20-8-9/h3-6,8,11H,1-2,7H2. The highest BCUT2D eigenvalue weighted by molar-refractivity contribution is 7.07. The van der Waals surface area contributed by atoms with Crippen molar-refractivity contribution in [3.05, 3.63) is 50.4 Å². The van der Waals surface area contributed by atoms with Gasteiger partial charge in [0.25, 0.3) is 5.91 Å². The predicted molar refractivity (Wildman–Crippen MR) is 81.5 cm³/mol. The van der Waals surface area contributed by atoms with Crippen molar-refractivity contribution in [3.63, 3.8) is 0 Å². The zero-order valence-corrected chi connectivity index (χ0v) is 12.9. The molecule has 0 N–H and O–H groups in total. The molecule has 6 heteroatoms. The van der Waals surface area contributed by atoms with Crippen LogP contribution in [-0.4, -0.2) is 21.8 Å². The molecule has 104 valence electrons. The number of aromatic nitrogens is 1. The second-order valence-electron chi connectivity index (χ2n) is 4.80. The Bertz CT molecular complexity index is 606. The number of carbonyl (C=O) groups excluding carboxylic acids is 1. The second-order valence-corrected chi connectivity index (χ2v) is 6.35. The molecule has 1 saturated carbocycles. The molecule has 0 aliphatic heterocycles. The highest BCUT2D eigenvalue weighted by Crippen LogP contribution is 2.30. The Hall–Kier alpha value is -1.10. The lowest BCUT2D eigenvalue weighted by molar-refractivity contribution is 0.0730. The lowest BCUT2D eigenvalue weighted by Gasteiger charge is -2.22. The highest BCUT2D eigenvalue weighted by atomic mass is 35.5. The van der Waals surface area contributed by atoms with Gasteiger partial charge in [0, 0.05) is 18.2 Å². The minimum atomic E-state index is -0.0371. The Morgan fingerprint density at radius 3 is 2.60 bits per heavy atom. The van der Waals surface area contributed by atoms with Crippen molar-refractivity contribution in [2.45, 2.75) is 25.4 Å². The van der Waals surface area contributed by atoms with Crippen molar-refractivity contribution in [1.29, 1.82) is 0 Å². The van der Waals surface area contributed by atoms with Crippen LogP contribution < -0.4 is 0 Å². The number of carbonyl (C=O) groups is 1. The summed E-state index contributed by atoms with van der Waals surface area (Å²) in [6, 6.07) is 5.50. The summed E-state index contributed by atoms with van der Waals surface area (Å²) in [5.74, 6) is -0.0371. The number of rotatable bonds is 4. The van der Waals surface area contributed by atoms with E-state index in [1.54, 1.807) is 23.5 Å². The minimum absolute atomic E-state index is 0.0371. The van der Waals surface area contributed by atoms with E-state index in [-0.39, 0.29) is 16.2 Å². The molecule has 0 unspecified atom stereocenters. The van der Waals surface area contributed by atoms with E-state index < -0.39 is 0 Å². The fraction of sp³-hybridized carbons (Fsp3) is 0.286. The van der Waals surface area contributed by atoms with Gasteiger partial charge in [-0.3, -0.25) is 4.79 Å². The molecule has 0 spiro atoms. The molecule has 2 heterocycles. The summed E-state index contributed by atoms with van der Waals surface area (Å²) < 4.78 is 0. The number of nitrogens with zero attached hydrogens (tertiary/aromatic N) is 2. The molecule has 1 fully saturated rings. The maximum absolute atomic E-state index is 12.6. The fourth-order valence-electron chi connectivity index (χ4n) is 2.09. The molecule has 1 amide bonds. The van der Waals surface area contributed by atoms with Gasteiger partial charge in [-0.05, 0) is 47.4 Å². The quantitative estimate of drug-likeness (QED) is 0.787. The van der Waals surface area contributed by atoms with Crippen LogP contribution in [0, 0.1) is 0 Å². The average Bonchev–Trinajstić information content (AvgIpc) is 3.11. The maximum atomic E-state index is 12.6. The number of hydrogen-bond acceptors (Lipinski definition) is 3. The fourth-order valence-corrected chi connectivity index (χ4v) is 3.21. The van der Waals surface area contributed by atoms with Gasteiger partial charge >= 0.3 is 0 Å². The largest absolute Gasteiger partial charge is 0.331 e. The maximum Gasteiger partial charge on any atom is 0.254 e. The summed E-state index contributed by atoms with van der Waals surface area (Å²) in [7, 11) is 0. The van der Waals surface area contributed by atoms with Gasteiger partial charge in [-0.2, -0.15) is 11.3 Å². The van der Waals surface area contributed by atoms with E-state index in [0.717, 1.165) is 18.4 Å². The smallest absolute Gasteiger partial charge is 0.254 e. The van der Waals surface area contributed by atoms with Gasteiger partial charge in [-0.25, -0.2) is 4.98 Å². The third kappa shape index (κ3) is 3.14. The van der Waals surface area contributed by atoms with E-state index in [1.165, 1.54) is 0 Å². The van der Waals surface area contributed by atoms with Crippen LogP contribution in [0.5, 0.6) is 0 Å². The molecule has 0 radical (unpaired) electrons. The number of hydrogen-bond donors (Lipinski definition) is 0. The molecule has 0 atom stereocenters. The summed E-state index contributed by atoms with van der Waals surface area (Å²) in [5.41, 5.74) is 1.65. The lowest BCUT2D eigenvalue weighted by atomic mass is 10.2. The van der Waals surface area contributed by atoms with Crippen LogP contribution in [0.1, 0.15) is 28.8 Å². The zero-order valence-electron chi connectivity index (χ0n) is 10.6. The third-order valence-corrected chi connectivity index (χ3v) is 4.31. The Balaban J connectivity index is 1.85. The summed E-state index contributed by atoms with van der Waals surface area (Å²) >= 11 is 13.4. The first kappa shape index (κ1) is 13.9. The molecule has 0 aromatic carbocycles. The van der Waals surface area contributed by atoms with Crippen molar-refractivity contribution in [1.82, 2.24) is 9.88 Å². The van der Waals surface area contributed by atoms with Crippen LogP contribution in [0.2, 0.25) is 10.3 Å². The Morgan fingerprint density at radius 2 is 2.05 bits per heavy atom. The molecule has 1 aliphatic carbocycles. The van der Waals surface area contributed by atoms with Crippen molar-refractivity contribution >= 4 is 40.4 Å². The normalized spacial score (nSPS) is 14.3. The molecule has 2 aromatic rings. The van der Waals surface area contributed by atoms with Gasteiger partial charge in [0.2, 0.25) is 0 Å². The Kier molecular flexibility index (Phi) is 3.96. The van der Waals surface area contributed by atoms with E-state index in [4.69, 9.17) is 23.2 Å². The average molecular weight is 327 g/mol. The first-order valence-corrected chi connectivity index (χ1v) is 7.98. The second kappa shape index (κ2) is 5.72. The summed E-state index contributed by atoms with van der Waals surface area (Å²) in [6.45, 7) is 0.630. The molecule has 3 rings (SSSR count). The summed E-state index contributed by atoms with van der Waals surface area (Å²) in [4.78, 5) is 18.4. The van der Waals surface area contributed by atoms with Gasteiger partial charge < -0.3 is 4.90 Å². The number of halogens is 2. The summed E-state index contributed by atoms with van der Waals surface area (Å²) in [6.07, 6.45) is 2.12. The van der Waals surface area contributed by atoms with Crippen molar-refractivity contribution < 1.29 is 4.79 Å². The lowest BCUT2D eigenvalue weighted by Crippen LogP contribution is -2.32. The minimum Gasteiger partial charge on any atom is -0.331 e. The topological polar surface area (TPSA) is 33.2 Å². The molecule has 0 bridgehead atoms. The zero-order chi connectivity index (χ0) is 14.1. The molecular formula is C14H12Cl2N2OS. The molecular weight excluding hydrogens is 315 g/mol. The number of thiophene rings is 1. The summed E-state index contributed by atoms with van der Waals surface area (Å²) in [5, 5.41) is 4.57. The van der Waals surface area contributed by atoms with Gasteiger partial charge in [0.1, 0.15) is 10.3 Å². The third-order valence-electron chi connectivity index (χ3n) is 3.19. The van der Waals surface area contributed by atoms with Crippen LogP contribution in [0.3, 0.4) is 0 Å². The van der Waals surface area contributed by atoms with E-state index >= 15 is 0 Å². The van der Waals surface area contributed by atoms with E-state index in [1.807, 2.05) is 16.3 Å². The molecule has 1 aliphatic rings. The predicted octanol–water partition coefficient (Wildman–Crippen LogP) is 4.25. The number of pyridine rings is 1. The SMILES string of the molecule is O=C(c1cc(Cl)nc(Cl)c1)N(Cc1ccsc1)C1CC1. The van der Waals surface area contributed by atoms with Crippen molar-refractivity contribution in [2.24, 2.45) is 0 Å². The van der Waals surface area contributed by atoms with Crippen molar-refractivity contribution in [2.75, 3.05) is 0 Å². The van der Waals surface area contributed by atoms with Gasteiger partial charge in [0.15, 0.2) is 0 Å². The van der Waals surface area contributed by atoms with Crippen LogP contribution in [-0.2, 0) is 6.54 Å². The van der Waals surface area contributed by atoms with Gasteiger partial charge in [0.05, 0.1) is 0 Å². The number of amides is 1. The van der Waals surface area contributed by atoms with E-state index in [9.17, 15) is 4.79 Å². The Morgan fingerprint density at radius 1 is 1.35 bits per heavy atom. The van der Waals surface area contributed by atoms with E-state index in [0.29, 0.717) is 18.2 Å². The van der Waals surface area contributed by atoms with Gasteiger partial charge in [-0.15, -0.1) is 0 Å².